The highest BCUT2D eigenvalue weighted by atomic mass is 16.6. The van der Waals surface area contributed by atoms with Crippen molar-refractivity contribution in [1.29, 1.82) is 0 Å². The molecule has 2 aliphatic heterocycles. The highest BCUT2D eigenvalue weighted by Crippen LogP contribution is 2.29. The van der Waals surface area contributed by atoms with Gasteiger partial charge in [-0.2, -0.15) is 0 Å². The molecule has 2 N–H and O–H groups in total. The molecule has 0 saturated carbocycles. The first-order valence-corrected chi connectivity index (χ1v) is 9.03. The average Bonchev–Trinajstić information content (AvgIpc) is 3.25. The van der Waals surface area contributed by atoms with E-state index in [2.05, 4.69) is 29.6 Å². The topological polar surface area (TPSA) is 67.8 Å². The van der Waals surface area contributed by atoms with Gasteiger partial charge in [0.15, 0.2) is 0 Å². The summed E-state index contributed by atoms with van der Waals surface area (Å²) in [6.45, 7) is 0.637. The highest BCUT2D eigenvalue weighted by Gasteiger charge is 2.47. The Morgan fingerprint density at radius 1 is 0.962 bits per heavy atom. The number of hydrogen-bond acceptors (Lipinski definition) is 4. The lowest BCUT2D eigenvalue weighted by atomic mass is 9.88. The molecular formula is C21H23NO4. The molecule has 0 aromatic heterocycles. The molecule has 0 spiro atoms. The first kappa shape index (κ1) is 17.2. The molecule has 2 aliphatic rings. The molecule has 0 bridgehead atoms. The fraction of sp³-hybridized carbons (Fsp3) is 0.381. The molecule has 136 valence electrons. The molecule has 5 nitrogen and oxygen atoms in total. The molecule has 0 unspecified atom stereocenters. The van der Waals surface area contributed by atoms with Gasteiger partial charge in [0, 0.05) is 12.3 Å². The third-order valence-electron chi connectivity index (χ3n) is 5.17. The zero-order chi connectivity index (χ0) is 17.9. The van der Waals surface area contributed by atoms with Gasteiger partial charge in [0.25, 0.3) is 0 Å². The van der Waals surface area contributed by atoms with Crippen molar-refractivity contribution in [2.24, 2.45) is 0 Å². The van der Waals surface area contributed by atoms with Crippen LogP contribution in [0.4, 0.5) is 0 Å². The third kappa shape index (κ3) is 3.51. The number of carbonyl (C=O) groups is 1. The summed E-state index contributed by atoms with van der Waals surface area (Å²) in [5, 5.41) is 12.9. The van der Waals surface area contributed by atoms with Crippen LogP contribution < -0.4 is 5.32 Å². The van der Waals surface area contributed by atoms with Crippen molar-refractivity contribution >= 4 is 5.91 Å². The molecule has 0 aliphatic carbocycles. The lowest BCUT2D eigenvalue weighted by Gasteiger charge is -2.21. The Kier molecular flexibility index (Phi) is 5.02. The SMILES string of the molecule is O=C(CC(c1ccccc1)c1ccccc1)N[C@@H]1CO[C@H]2[C@@H]1OC[C@H]2O. The second kappa shape index (κ2) is 7.58. The van der Waals surface area contributed by atoms with Crippen LogP contribution >= 0.6 is 0 Å². The number of amides is 1. The van der Waals surface area contributed by atoms with E-state index in [0.717, 1.165) is 11.1 Å². The van der Waals surface area contributed by atoms with Gasteiger partial charge < -0.3 is 19.9 Å². The predicted octanol–water partition coefficient (Wildman–Crippen LogP) is 1.85. The van der Waals surface area contributed by atoms with E-state index in [0.29, 0.717) is 13.0 Å². The lowest BCUT2D eigenvalue weighted by Crippen LogP contribution is -2.44. The van der Waals surface area contributed by atoms with Gasteiger partial charge in [-0.05, 0) is 11.1 Å². The fourth-order valence-corrected chi connectivity index (χ4v) is 3.85. The Labute approximate surface area is 152 Å². The number of ether oxygens (including phenoxy) is 2. The minimum atomic E-state index is -0.608. The Hall–Kier alpha value is -2.21. The third-order valence-corrected chi connectivity index (χ3v) is 5.17. The van der Waals surface area contributed by atoms with E-state index in [9.17, 15) is 9.90 Å². The van der Waals surface area contributed by atoms with Crippen LogP contribution in [-0.2, 0) is 14.3 Å². The largest absolute Gasteiger partial charge is 0.388 e. The van der Waals surface area contributed by atoms with Crippen molar-refractivity contribution in [3.63, 3.8) is 0 Å². The molecule has 2 fully saturated rings. The van der Waals surface area contributed by atoms with E-state index in [-0.39, 0.29) is 36.7 Å². The van der Waals surface area contributed by atoms with Crippen molar-refractivity contribution in [2.45, 2.75) is 36.7 Å². The zero-order valence-electron chi connectivity index (χ0n) is 14.5. The van der Waals surface area contributed by atoms with Gasteiger partial charge in [0.2, 0.25) is 5.91 Å². The Bertz CT molecular complexity index is 697. The highest BCUT2D eigenvalue weighted by molar-refractivity contribution is 5.78. The second-order valence-electron chi connectivity index (χ2n) is 6.92. The summed E-state index contributed by atoms with van der Waals surface area (Å²) < 4.78 is 11.2. The van der Waals surface area contributed by atoms with Crippen molar-refractivity contribution in [1.82, 2.24) is 5.32 Å². The van der Waals surface area contributed by atoms with Crippen molar-refractivity contribution in [3.05, 3.63) is 71.8 Å². The van der Waals surface area contributed by atoms with Gasteiger partial charge >= 0.3 is 0 Å². The molecular weight excluding hydrogens is 330 g/mol. The Morgan fingerprint density at radius 3 is 2.15 bits per heavy atom. The number of aliphatic hydroxyl groups is 1. The number of benzene rings is 2. The maximum Gasteiger partial charge on any atom is 0.221 e. The van der Waals surface area contributed by atoms with E-state index >= 15 is 0 Å². The molecule has 4 atom stereocenters. The van der Waals surface area contributed by atoms with Crippen LogP contribution in [0.1, 0.15) is 23.5 Å². The maximum absolute atomic E-state index is 12.7. The van der Waals surface area contributed by atoms with Crippen LogP contribution in [0.5, 0.6) is 0 Å². The van der Waals surface area contributed by atoms with Crippen LogP contribution in [0.2, 0.25) is 0 Å². The predicted molar refractivity (Wildman–Crippen MR) is 96.8 cm³/mol. The molecule has 5 heteroatoms. The molecule has 26 heavy (non-hydrogen) atoms. The van der Waals surface area contributed by atoms with Gasteiger partial charge in [-0.3, -0.25) is 4.79 Å². The summed E-state index contributed by atoms with van der Waals surface area (Å²) in [5.74, 6) is -0.0486. The van der Waals surface area contributed by atoms with E-state index in [1.807, 2.05) is 36.4 Å². The van der Waals surface area contributed by atoms with Gasteiger partial charge in [0.1, 0.15) is 18.3 Å². The molecule has 2 heterocycles. The summed E-state index contributed by atoms with van der Waals surface area (Å²) in [6.07, 6.45) is -0.853. The summed E-state index contributed by atoms with van der Waals surface area (Å²) in [4.78, 5) is 12.7. The van der Waals surface area contributed by atoms with Crippen LogP contribution in [0.15, 0.2) is 60.7 Å². The van der Waals surface area contributed by atoms with Gasteiger partial charge in [-0.25, -0.2) is 0 Å². The van der Waals surface area contributed by atoms with Crippen molar-refractivity contribution < 1.29 is 19.4 Å². The van der Waals surface area contributed by atoms with E-state index in [1.165, 1.54) is 0 Å². The molecule has 2 aromatic carbocycles. The van der Waals surface area contributed by atoms with Crippen LogP contribution in [0, 0.1) is 0 Å². The summed E-state index contributed by atoms with van der Waals surface area (Å²) in [6, 6.07) is 19.9. The summed E-state index contributed by atoms with van der Waals surface area (Å²) >= 11 is 0. The normalized spacial score (nSPS) is 27.5. The van der Waals surface area contributed by atoms with Gasteiger partial charge in [0.05, 0.1) is 19.3 Å². The number of rotatable bonds is 5. The first-order chi connectivity index (χ1) is 12.7. The lowest BCUT2D eigenvalue weighted by molar-refractivity contribution is -0.122. The number of nitrogens with one attached hydrogen (secondary N) is 1. The smallest absolute Gasteiger partial charge is 0.221 e. The quantitative estimate of drug-likeness (QED) is 0.861. The summed E-state index contributed by atoms with van der Waals surface area (Å²) in [7, 11) is 0. The monoisotopic (exact) mass is 353 g/mol. The zero-order valence-corrected chi connectivity index (χ0v) is 14.5. The molecule has 1 amide bonds. The van der Waals surface area contributed by atoms with Gasteiger partial charge in [-0.15, -0.1) is 0 Å². The number of hydrogen-bond donors (Lipinski definition) is 2. The van der Waals surface area contributed by atoms with Crippen LogP contribution in [-0.4, -0.2) is 48.6 Å². The minimum absolute atomic E-state index is 0.00870. The van der Waals surface area contributed by atoms with Crippen LogP contribution in [0.25, 0.3) is 0 Å². The summed E-state index contributed by atoms with van der Waals surface area (Å²) in [5.41, 5.74) is 2.23. The number of aliphatic hydroxyl groups excluding tert-OH is 1. The molecule has 0 radical (unpaired) electrons. The fourth-order valence-electron chi connectivity index (χ4n) is 3.85. The van der Waals surface area contributed by atoms with Crippen molar-refractivity contribution in [2.75, 3.05) is 13.2 Å². The first-order valence-electron chi connectivity index (χ1n) is 9.03. The number of carbonyl (C=O) groups excluding carboxylic acids is 1. The second-order valence-corrected chi connectivity index (χ2v) is 6.92. The standard InChI is InChI=1S/C21H23NO4/c23-18-13-26-20-17(12-25-21(18)20)22-19(24)11-16(14-7-3-1-4-8-14)15-9-5-2-6-10-15/h1-10,16-18,20-21,23H,11-13H2,(H,22,24)/t17-,18-,20-,21-/m1/s1. The van der Waals surface area contributed by atoms with E-state index < -0.39 is 6.10 Å². The molecule has 2 saturated heterocycles. The van der Waals surface area contributed by atoms with E-state index in [1.54, 1.807) is 0 Å². The molecule has 4 rings (SSSR count). The number of fused-ring (bicyclic) bond motifs is 1. The Morgan fingerprint density at radius 2 is 1.54 bits per heavy atom. The Balaban J connectivity index is 1.47. The van der Waals surface area contributed by atoms with E-state index in [4.69, 9.17) is 9.47 Å². The maximum atomic E-state index is 12.7. The molecule has 2 aromatic rings. The van der Waals surface area contributed by atoms with Gasteiger partial charge in [-0.1, -0.05) is 60.7 Å². The van der Waals surface area contributed by atoms with Crippen molar-refractivity contribution in [3.8, 4) is 0 Å². The van der Waals surface area contributed by atoms with Crippen LogP contribution in [0.3, 0.4) is 0 Å². The average molecular weight is 353 g/mol. The minimum Gasteiger partial charge on any atom is -0.388 e.